The Labute approximate surface area is 133 Å². The molecule has 0 spiro atoms. The van der Waals surface area contributed by atoms with Gasteiger partial charge < -0.3 is 0 Å². The molecule has 1 unspecified atom stereocenters. The van der Waals surface area contributed by atoms with Gasteiger partial charge in [0.25, 0.3) is 0 Å². The highest BCUT2D eigenvalue weighted by Gasteiger charge is 2.30. The quantitative estimate of drug-likeness (QED) is 0.651. The zero-order chi connectivity index (χ0) is 15.6. The number of nitrogens with two attached hydrogens (primary N) is 1. The van der Waals surface area contributed by atoms with Gasteiger partial charge in [-0.2, -0.15) is 5.10 Å². The highest BCUT2D eigenvalue weighted by Crippen LogP contribution is 2.35. The van der Waals surface area contributed by atoms with Crippen molar-refractivity contribution in [3.8, 4) is 0 Å². The topological polar surface area (TPSA) is 81.7 Å². The molecule has 6 nitrogen and oxygen atoms in total. The van der Waals surface area contributed by atoms with E-state index in [9.17, 15) is 0 Å². The third-order valence-corrected chi connectivity index (χ3v) is 4.28. The Morgan fingerprint density at radius 1 is 1.48 bits per heavy atom. The van der Waals surface area contributed by atoms with Crippen molar-refractivity contribution in [2.75, 3.05) is 0 Å². The van der Waals surface area contributed by atoms with Crippen molar-refractivity contribution in [3.05, 3.63) is 27.5 Å². The summed E-state index contributed by atoms with van der Waals surface area (Å²) in [5.41, 5.74) is 4.52. The van der Waals surface area contributed by atoms with Crippen LogP contribution in [-0.4, -0.2) is 19.4 Å². The number of aryl methyl sites for hydroxylation is 1. The summed E-state index contributed by atoms with van der Waals surface area (Å²) in [7, 11) is 0. The van der Waals surface area contributed by atoms with Crippen molar-refractivity contribution in [1.29, 1.82) is 0 Å². The molecule has 0 radical (unpaired) electrons. The van der Waals surface area contributed by atoms with Gasteiger partial charge in [-0.15, -0.1) is 5.10 Å². The monoisotopic (exact) mass is 328 g/mol. The van der Waals surface area contributed by atoms with E-state index in [0.717, 1.165) is 29.2 Å². The van der Waals surface area contributed by atoms with E-state index in [1.54, 1.807) is 6.20 Å². The van der Waals surface area contributed by atoms with Crippen LogP contribution in [-0.2, 0) is 12.0 Å². The molecule has 3 N–H and O–H groups in total. The van der Waals surface area contributed by atoms with Crippen molar-refractivity contribution in [3.63, 3.8) is 0 Å². The van der Waals surface area contributed by atoms with E-state index in [2.05, 4.69) is 47.8 Å². The number of nitrogens with zero attached hydrogens (tertiary/aromatic N) is 4. The second-order valence-electron chi connectivity index (χ2n) is 5.94. The molecule has 1 atom stereocenters. The number of hydrogen-bond donors (Lipinski definition) is 2. The van der Waals surface area contributed by atoms with E-state index in [1.165, 1.54) is 11.5 Å². The van der Waals surface area contributed by atoms with Crippen LogP contribution >= 0.6 is 23.1 Å². The van der Waals surface area contributed by atoms with Crippen LogP contribution in [0.5, 0.6) is 0 Å². The molecule has 21 heavy (non-hydrogen) atoms. The number of rotatable bonds is 5. The highest BCUT2D eigenvalue weighted by molar-refractivity contribution is 7.05. The van der Waals surface area contributed by atoms with Crippen LogP contribution in [0.4, 0.5) is 0 Å². The molecule has 0 fully saturated rings. The minimum Gasteiger partial charge on any atom is -0.270 e. The zero-order valence-corrected chi connectivity index (χ0v) is 14.3. The fraction of sp³-hybridized carbons (Fsp3) is 0.615. The molecule has 0 bridgehead atoms. The van der Waals surface area contributed by atoms with Crippen LogP contribution in [0.25, 0.3) is 0 Å². The van der Waals surface area contributed by atoms with Gasteiger partial charge in [0.05, 0.1) is 27.5 Å². The van der Waals surface area contributed by atoms with Gasteiger partial charge in [-0.3, -0.25) is 10.5 Å². The Morgan fingerprint density at radius 3 is 2.76 bits per heavy atom. The molecule has 0 aliphatic heterocycles. The summed E-state index contributed by atoms with van der Waals surface area (Å²) < 4.78 is 5.98. The lowest BCUT2D eigenvalue weighted by Crippen LogP contribution is -2.32. The molecule has 0 saturated heterocycles. The maximum atomic E-state index is 6.32. The van der Waals surface area contributed by atoms with Crippen LogP contribution in [0.1, 0.15) is 56.4 Å². The van der Waals surface area contributed by atoms with Crippen LogP contribution < -0.4 is 11.3 Å². The first-order valence-corrected chi connectivity index (χ1v) is 8.05. The van der Waals surface area contributed by atoms with Crippen LogP contribution in [0.3, 0.4) is 0 Å². The van der Waals surface area contributed by atoms with Gasteiger partial charge in [0.2, 0.25) is 0 Å². The van der Waals surface area contributed by atoms with Gasteiger partial charge in [0.1, 0.15) is 6.04 Å². The lowest BCUT2D eigenvalue weighted by atomic mass is 9.89. The number of halogens is 1. The summed E-state index contributed by atoms with van der Waals surface area (Å²) >= 11 is 7.66. The third-order valence-electron chi connectivity index (χ3n) is 3.19. The molecular formula is C13H21ClN6S. The van der Waals surface area contributed by atoms with Gasteiger partial charge in [-0.25, -0.2) is 5.43 Å². The number of hydrogen-bond acceptors (Lipinski definition) is 6. The minimum atomic E-state index is -0.263. The maximum absolute atomic E-state index is 6.32. The maximum Gasteiger partial charge on any atom is 0.102 e. The molecule has 2 aromatic heterocycles. The highest BCUT2D eigenvalue weighted by atomic mass is 35.5. The Kier molecular flexibility index (Phi) is 4.98. The molecule has 0 aliphatic carbocycles. The SMILES string of the molecule is CCCn1ncc(Cl)c1C(NN)c1snnc1C(C)(C)C. The first-order valence-electron chi connectivity index (χ1n) is 6.90. The molecule has 0 amide bonds. The van der Waals surface area contributed by atoms with Gasteiger partial charge in [-0.05, 0) is 18.0 Å². The van der Waals surface area contributed by atoms with Crippen LogP contribution in [0, 0.1) is 0 Å². The average Bonchev–Trinajstić information content (AvgIpc) is 3.01. The summed E-state index contributed by atoms with van der Waals surface area (Å²) in [6.07, 6.45) is 2.62. The summed E-state index contributed by atoms with van der Waals surface area (Å²) in [6.45, 7) is 9.19. The smallest absolute Gasteiger partial charge is 0.102 e. The standard InChI is InChI=1S/C13H21ClN6S/c1-5-6-20-10(8(14)7-16-20)9(17-15)11-12(13(2,3)4)18-19-21-11/h7,9,17H,5-6,15H2,1-4H3. The van der Waals surface area contributed by atoms with Crippen molar-refractivity contribution >= 4 is 23.1 Å². The fourth-order valence-corrected chi connectivity index (χ4v) is 3.41. The van der Waals surface area contributed by atoms with E-state index in [1.807, 2.05) is 4.68 Å². The van der Waals surface area contributed by atoms with Crippen LogP contribution in [0.15, 0.2) is 6.20 Å². The Hall–Kier alpha value is -1.02. The first kappa shape index (κ1) is 16.4. The predicted octanol–water partition coefficient (Wildman–Crippen LogP) is 2.65. The number of nitrogens with one attached hydrogen (secondary N) is 1. The van der Waals surface area contributed by atoms with E-state index in [-0.39, 0.29) is 11.5 Å². The fourth-order valence-electron chi connectivity index (χ4n) is 2.23. The third kappa shape index (κ3) is 3.26. The van der Waals surface area contributed by atoms with Crippen molar-refractivity contribution in [2.24, 2.45) is 5.84 Å². The summed E-state index contributed by atoms with van der Waals surface area (Å²) in [5.74, 6) is 5.80. The lowest BCUT2D eigenvalue weighted by molar-refractivity contribution is 0.507. The average molecular weight is 329 g/mol. The van der Waals surface area contributed by atoms with E-state index < -0.39 is 0 Å². The van der Waals surface area contributed by atoms with Crippen LogP contribution in [0.2, 0.25) is 5.02 Å². The summed E-state index contributed by atoms with van der Waals surface area (Å²) in [4.78, 5) is 0.977. The largest absolute Gasteiger partial charge is 0.270 e. The molecule has 8 heteroatoms. The Balaban J connectivity index is 2.51. The molecular weight excluding hydrogens is 308 g/mol. The molecule has 0 aliphatic rings. The predicted molar refractivity (Wildman–Crippen MR) is 85.3 cm³/mol. The van der Waals surface area contributed by atoms with Gasteiger partial charge in [-0.1, -0.05) is 43.8 Å². The molecule has 2 aromatic rings. The van der Waals surface area contributed by atoms with E-state index >= 15 is 0 Å². The van der Waals surface area contributed by atoms with Gasteiger partial charge in [0, 0.05) is 12.0 Å². The second-order valence-corrected chi connectivity index (χ2v) is 7.13. The Morgan fingerprint density at radius 2 is 2.19 bits per heavy atom. The summed E-state index contributed by atoms with van der Waals surface area (Å²) in [6, 6.07) is -0.263. The lowest BCUT2D eigenvalue weighted by Gasteiger charge is -2.22. The van der Waals surface area contributed by atoms with E-state index in [0.29, 0.717) is 5.02 Å². The van der Waals surface area contributed by atoms with Gasteiger partial charge >= 0.3 is 0 Å². The Bertz CT molecular complexity index is 600. The first-order chi connectivity index (χ1) is 9.90. The van der Waals surface area contributed by atoms with Crippen molar-refractivity contribution < 1.29 is 0 Å². The number of aromatic nitrogens is 4. The zero-order valence-electron chi connectivity index (χ0n) is 12.7. The molecule has 2 rings (SSSR count). The molecule has 0 saturated carbocycles. The summed E-state index contributed by atoms with van der Waals surface area (Å²) in [5, 5.41) is 9.20. The normalized spacial score (nSPS) is 13.6. The van der Waals surface area contributed by atoms with Crippen molar-refractivity contribution in [2.45, 2.75) is 52.1 Å². The molecule has 116 valence electrons. The molecule has 2 heterocycles. The molecule has 0 aromatic carbocycles. The van der Waals surface area contributed by atoms with Gasteiger partial charge in [0.15, 0.2) is 0 Å². The van der Waals surface area contributed by atoms with Crippen molar-refractivity contribution in [1.82, 2.24) is 24.8 Å². The minimum absolute atomic E-state index is 0.112. The van der Waals surface area contributed by atoms with E-state index in [4.69, 9.17) is 17.4 Å². The second kappa shape index (κ2) is 6.39. The number of hydrazine groups is 1.